The first-order chi connectivity index (χ1) is 14.9. The first-order valence-corrected chi connectivity index (χ1v) is 11.8. The number of ether oxygens (including phenoxy) is 1. The molecule has 2 rings (SSSR count). The van der Waals surface area contributed by atoms with Crippen LogP contribution >= 0.6 is 0 Å². The molecule has 1 saturated heterocycles. The summed E-state index contributed by atoms with van der Waals surface area (Å²) in [6.45, 7) is 14.3. The Kier molecular flexibility index (Phi) is 10.5. The van der Waals surface area contributed by atoms with Gasteiger partial charge in [0.1, 0.15) is 0 Å². The van der Waals surface area contributed by atoms with Crippen molar-refractivity contribution in [3.8, 4) is 0 Å². The van der Waals surface area contributed by atoms with Gasteiger partial charge in [0.15, 0.2) is 0 Å². The van der Waals surface area contributed by atoms with Crippen LogP contribution in [-0.2, 0) is 19.1 Å². The molecule has 8 nitrogen and oxygen atoms in total. The highest BCUT2D eigenvalue weighted by molar-refractivity contribution is 5.98. The summed E-state index contributed by atoms with van der Waals surface area (Å²) < 4.78 is 5.34. The van der Waals surface area contributed by atoms with Gasteiger partial charge in [-0.15, -0.1) is 0 Å². The minimum atomic E-state index is -0.488. The lowest BCUT2D eigenvalue weighted by molar-refractivity contribution is -0.138. The second-order valence-corrected chi connectivity index (χ2v) is 8.29. The molecular formula is C23H40N4O4. The molecule has 0 aliphatic carbocycles. The van der Waals surface area contributed by atoms with Gasteiger partial charge >= 0.3 is 0 Å². The van der Waals surface area contributed by atoms with Gasteiger partial charge in [-0.2, -0.15) is 0 Å². The number of unbranched alkanes of at least 4 members (excludes halogenated alkanes) is 1. The van der Waals surface area contributed by atoms with Crippen molar-refractivity contribution in [2.75, 3.05) is 59.0 Å². The van der Waals surface area contributed by atoms with E-state index in [2.05, 4.69) is 17.1 Å². The van der Waals surface area contributed by atoms with E-state index in [4.69, 9.17) is 4.74 Å². The Morgan fingerprint density at radius 1 is 1.13 bits per heavy atom. The largest absolute Gasteiger partial charge is 0.379 e. The standard InChI is InChI=1S/C23H40N4O4/c1-5-8-10-27-18(4)20(23(30)26(6-2)7-3)16-19(22(27)29)17-21(28)24-9-11-25-12-14-31-15-13-25/h19H,5-17H2,1-4H3,(H,24,28). The molecule has 176 valence electrons. The van der Waals surface area contributed by atoms with Crippen LogP contribution in [0, 0.1) is 5.92 Å². The SMILES string of the molecule is CCCCN1C(=O)C(CC(=O)NCCN2CCOCC2)CC(C(=O)N(CC)CC)=C1C. The van der Waals surface area contributed by atoms with Gasteiger partial charge < -0.3 is 19.9 Å². The summed E-state index contributed by atoms with van der Waals surface area (Å²) in [6.07, 6.45) is 2.28. The van der Waals surface area contributed by atoms with Gasteiger partial charge in [-0.25, -0.2) is 0 Å². The van der Waals surface area contributed by atoms with E-state index in [0.717, 1.165) is 51.4 Å². The van der Waals surface area contributed by atoms with Crippen LogP contribution in [0.15, 0.2) is 11.3 Å². The molecule has 2 aliphatic rings. The van der Waals surface area contributed by atoms with Gasteiger partial charge in [0.25, 0.3) is 5.91 Å². The normalized spacial score (nSPS) is 20.2. The highest BCUT2D eigenvalue weighted by Gasteiger charge is 2.37. The van der Waals surface area contributed by atoms with Crippen LogP contribution in [0.1, 0.15) is 53.4 Å². The first kappa shape index (κ1) is 25.3. The van der Waals surface area contributed by atoms with Crippen LogP contribution in [0.4, 0.5) is 0 Å². The monoisotopic (exact) mass is 436 g/mol. The molecule has 2 aliphatic heterocycles. The fourth-order valence-corrected chi connectivity index (χ4v) is 4.20. The molecule has 0 bridgehead atoms. The molecule has 0 aromatic heterocycles. The summed E-state index contributed by atoms with van der Waals surface area (Å²) in [4.78, 5) is 44.6. The van der Waals surface area contributed by atoms with Crippen LogP contribution in [0.2, 0.25) is 0 Å². The third kappa shape index (κ3) is 7.04. The van der Waals surface area contributed by atoms with Crippen molar-refractivity contribution >= 4 is 17.7 Å². The van der Waals surface area contributed by atoms with Crippen LogP contribution in [0.25, 0.3) is 0 Å². The zero-order valence-electron chi connectivity index (χ0n) is 19.7. The van der Waals surface area contributed by atoms with Crippen molar-refractivity contribution < 1.29 is 19.1 Å². The molecule has 1 unspecified atom stereocenters. The predicted octanol–water partition coefficient (Wildman–Crippen LogP) is 1.62. The van der Waals surface area contributed by atoms with Crippen molar-refractivity contribution in [3.63, 3.8) is 0 Å². The fraction of sp³-hybridized carbons (Fsp3) is 0.783. The van der Waals surface area contributed by atoms with Crippen molar-refractivity contribution in [2.45, 2.75) is 53.4 Å². The molecule has 31 heavy (non-hydrogen) atoms. The van der Waals surface area contributed by atoms with Crippen LogP contribution in [0.5, 0.6) is 0 Å². The summed E-state index contributed by atoms with van der Waals surface area (Å²) in [6, 6.07) is 0. The average Bonchev–Trinajstić information content (AvgIpc) is 2.77. The fourth-order valence-electron chi connectivity index (χ4n) is 4.20. The third-order valence-corrected chi connectivity index (χ3v) is 6.24. The predicted molar refractivity (Wildman–Crippen MR) is 120 cm³/mol. The summed E-state index contributed by atoms with van der Waals surface area (Å²) in [5.74, 6) is -0.672. The number of likely N-dealkylation sites (N-methyl/N-ethyl adjacent to an activating group) is 1. The van der Waals surface area contributed by atoms with Crippen molar-refractivity contribution in [2.24, 2.45) is 5.92 Å². The average molecular weight is 437 g/mol. The van der Waals surface area contributed by atoms with Gasteiger partial charge in [0.2, 0.25) is 11.8 Å². The number of carbonyl (C=O) groups excluding carboxylic acids is 3. The second-order valence-electron chi connectivity index (χ2n) is 8.29. The topological polar surface area (TPSA) is 82.2 Å². The lowest BCUT2D eigenvalue weighted by Crippen LogP contribution is -2.45. The zero-order chi connectivity index (χ0) is 22.8. The minimum Gasteiger partial charge on any atom is -0.379 e. The molecule has 8 heteroatoms. The van der Waals surface area contributed by atoms with E-state index in [9.17, 15) is 14.4 Å². The van der Waals surface area contributed by atoms with E-state index in [1.54, 1.807) is 9.80 Å². The van der Waals surface area contributed by atoms with Gasteiger partial charge in [-0.3, -0.25) is 19.3 Å². The summed E-state index contributed by atoms with van der Waals surface area (Å²) in [5, 5.41) is 2.95. The van der Waals surface area contributed by atoms with E-state index in [1.165, 1.54) is 0 Å². The number of nitrogens with one attached hydrogen (secondary N) is 1. The van der Waals surface area contributed by atoms with E-state index >= 15 is 0 Å². The summed E-state index contributed by atoms with van der Waals surface area (Å²) >= 11 is 0. The molecule has 2 heterocycles. The van der Waals surface area contributed by atoms with Gasteiger partial charge in [0, 0.05) is 63.5 Å². The number of hydrogen-bond acceptors (Lipinski definition) is 5. The summed E-state index contributed by atoms with van der Waals surface area (Å²) in [7, 11) is 0. The van der Waals surface area contributed by atoms with Gasteiger partial charge in [-0.1, -0.05) is 13.3 Å². The van der Waals surface area contributed by atoms with Crippen LogP contribution in [0.3, 0.4) is 0 Å². The maximum absolute atomic E-state index is 13.1. The first-order valence-electron chi connectivity index (χ1n) is 11.8. The smallest absolute Gasteiger partial charge is 0.251 e. The van der Waals surface area contributed by atoms with Crippen molar-refractivity contribution in [1.29, 1.82) is 0 Å². The molecule has 1 N–H and O–H groups in total. The Labute approximate surface area is 186 Å². The second kappa shape index (κ2) is 12.8. The van der Waals surface area contributed by atoms with E-state index in [0.29, 0.717) is 38.2 Å². The number of hydrogen-bond donors (Lipinski definition) is 1. The summed E-state index contributed by atoms with van der Waals surface area (Å²) in [5.41, 5.74) is 1.42. The third-order valence-electron chi connectivity index (χ3n) is 6.24. The van der Waals surface area contributed by atoms with E-state index in [1.807, 2.05) is 20.8 Å². The molecule has 0 aromatic rings. The van der Waals surface area contributed by atoms with Crippen molar-refractivity contribution in [1.82, 2.24) is 20.0 Å². The molecule has 0 radical (unpaired) electrons. The van der Waals surface area contributed by atoms with Crippen LogP contribution < -0.4 is 5.32 Å². The molecule has 0 spiro atoms. The number of amides is 3. The Hall–Kier alpha value is -1.93. The number of carbonyl (C=O) groups is 3. The lowest BCUT2D eigenvalue weighted by atomic mass is 9.88. The van der Waals surface area contributed by atoms with Gasteiger partial charge in [0.05, 0.1) is 19.1 Å². The molecular weight excluding hydrogens is 396 g/mol. The molecule has 0 saturated carbocycles. The molecule has 0 aromatic carbocycles. The molecule has 3 amide bonds. The number of nitrogens with zero attached hydrogens (tertiary/aromatic N) is 3. The van der Waals surface area contributed by atoms with E-state index in [-0.39, 0.29) is 24.1 Å². The number of rotatable bonds is 11. The van der Waals surface area contributed by atoms with Gasteiger partial charge in [-0.05, 0) is 33.6 Å². The Morgan fingerprint density at radius 3 is 2.42 bits per heavy atom. The molecule has 1 fully saturated rings. The van der Waals surface area contributed by atoms with Crippen LogP contribution in [-0.4, -0.2) is 91.4 Å². The molecule has 1 atom stereocenters. The highest BCUT2D eigenvalue weighted by atomic mass is 16.5. The Balaban J connectivity index is 2.03. The quantitative estimate of drug-likeness (QED) is 0.532. The minimum absolute atomic E-state index is 0.0192. The maximum atomic E-state index is 13.1. The number of morpholine rings is 1. The Morgan fingerprint density at radius 2 is 1.81 bits per heavy atom. The highest BCUT2D eigenvalue weighted by Crippen LogP contribution is 2.31. The maximum Gasteiger partial charge on any atom is 0.251 e. The number of allylic oxidation sites excluding steroid dienone is 1. The Bertz CT molecular complexity index is 654. The van der Waals surface area contributed by atoms with E-state index < -0.39 is 5.92 Å². The van der Waals surface area contributed by atoms with Crippen molar-refractivity contribution in [3.05, 3.63) is 11.3 Å². The lowest BCUT2D eigenvalue weighted by Gasteiger charge is -2.36. The zero-order valence-corrected chi connectivity index (χ0v) is 19.7.